The third kappa shape index (κ3) is 2.59. The van der Waals surface area contributed by atoms with E-state index < -0.39 is 0 Å². The number of aliphatic hydroxyl groups is 1. The van der Waals surface area contributed by atoms with Crippen LogP contribution in [0, 0.1) is 20.8 Å². The van der Waals surface area contributed by atoms with Gasteiger partial charge in [0.15, 0.2) is 0 Å². The van der Waals surface area contributed by atoms with E-state index in [4.69, 9.17) is 9.84 Å². The number of ether oxygens (including phenoxy) is 1. The molecule has 0 radical (unpaired) electrons. The monoisotopic (exact) mass is 197 g/mol. The van der Waals surface area contributed by atoms with Gasteiger partial charge in [-0.05, 0) is 31.9 Å². The molecule has 0 fully saturated rings. The van der Waals surface area contributed by atoms with Gasteiger partial charge in [0, 0.05) is 18.4 Å². The van der Waals surface area contributed by atoms with Crippen molar-refractivity contribution in [3.8, 4) is 0 Å². The van der Waals surface area contributed by atoms with Crippen molar-refractivity contribution in [2.45, 2.75) is 27.3 Å². The lowest BCUT2D eigenvalue weighted by molar-refractivity contribution is 0.0868. The van der Waals surface area contributed by atoms with Crippen LogP contribution in [0.1, 0.15) is 16.8 Å². The molecule has 14 heavy (non-hydrogen) atoms. The highest BCUT2D eigenvalue weighted by Crippen LogP contribution is 2.14. The van der Waals surface area contributed by atoms with Gasteiger partial charge in [0.25, 0.3) is 0 Å². The highest BCUT2D eigenvalue weighted by Gasteiger charge is 2.04. The van der Waals surface area contributed by atoms with Crippen molar-refractivity contribution in [1.29, 1.82) is 0 Å². The number of hydrogen-bond donors (Lipinski definition) is 1. The zero-order valence-corrected chi connectivity index (χ0v) is 9.21. The van der Waals surface area contributed by atoms with E-state index in [1.165, 1.54) is 16.8 Å². The molecule has 0 aromatic carbocycles. The van der Waals surface area contributed by atoms with Gasteiger partial charge in [-0.1, -0.05) is 0 Å². The molecule has 0 bridgehead atoms. The van der Waals surface area contributed by atoms with E-state index in [-0.39, 0.29) is 6.61 Å². The van der Waals surface area contributed by atoms with Crippen LogP contribution in [0.15, 0.2) is 6.20 Å². The van der Waals surface area contributed by atoms with E-state index >= 15 is 0 Å². The number of aliphatic hydroxyl groups excluding tert-OH is 1. The second kappa shape index (κ2) is 5.17. The fourth-order valence-corrected chi connectivity index (χ4v) is 1.49. The van der Waals surface area contributed by atoms with Crippen LogP contribution >= 0.6 is 0 Å². The molecule has 3 nitrogen and oxygen atoms in total. The van der Waals surface area contributed by atoms with Gasteiger partial charge in [0.05, 0.1) is 19.8 Å². The van der Waals surface area contributed by atoms with Crippen molar-refractivity contribution < 1.29 is 9.84 Å². The predicted octanol–water partition coefficient (Wildman–Crippen LogP) is 1.42. The van der Waals surface area contributed by atoms with Crippen LogP contribution in [-0.2, 0) is 11.3 Å². The van der Waals surface area contributed by atoms with Gasteiger partial charge < -0.3 is 14.4 Å². The Labute approximate surface area is 85.3 Å². The molecule has 0 saturated heterocycles. The summed E-state index contributed by atoms with van der Waals surface area (Å²) >= 11 is 0. The first kappa shape index (κ1) is 11.3. The molecule has 0 spiro atoms. The van der Waals surface area contributed by atoms with Crippen molar-refractivity contribution in [3.63, 3.8) is 0 Å². The first-order valence-electron chi connectivity index (χ1n) is 4.98. The van der Waals surface area contributed by atoms with Gasteiger partial charge in [-0.2, -0.15) is 0 Å². The van der Waals surface area contributed by atoms with Crippen LogP contribution in [0.25, 0.3) is 0 Å². The summed E-state index contributed by atoms with van der Waals surface area (Å²) in [4.78, 5) is 0. The molecule has 1 rings (SSSR count). The Kier molecular flexibility index (Phi) is 4.17. The van der Waals surface area contributed by atoms with Crippen molar-refractivity contribution >= 4 is 0 Å². The Morgan fingerprint density at radius 1 is 1.29 bits per heavy atom. The van der Waals surface area contributed by atoms with Crippen molar-refractivity contribution in [2.24, 2.45) is 0 Å². The van der Waals surface area contributed by atoms with Gasteiger partial charge in [0.1, 0.15) is 0 Å². The average Bonchev–Trinajstić information content (AvgIpc) is 2.41. The zero-order chi connectivity index (χ0) is 10.6. The summed E-state index contributed by atoms with van der Waals surface area (Å²) in [5.41, 5.74) is 3.98. The number of nitrogens with zero attached hydrogens (tertiary/aromatic N) is 1. The molecule has 3 heteroatoms. The summed E-state index contributed by atoms with van der Waals surface area (Å²) in [6, 6.07) is 0. The van der Waals surface area contributed by atoms with Crippen LogP contribution in [-0.4, -0.2) is 29.5 Å². The Bertz CT molecular complexity index is 292. The predicted molar refractivity (Wildman–Crippen MR) is 56.5 cm³/mol. The zero-order valence-electron chi connectivity index (χ0n) is 9.21. The molecule has 0 atom stereocenters. The Hall–Kier alpha value is -0.800. The van der Waals surface area contributed by atoms with E-state index in [2.05, 4.69) is 31.5 Å². The number of rotatable bonds is 5. The van der Waals surface area contributed by atoms with Gasteiger partial charge in [-0.25, -0.2) is 0 Å². The lowest BCUT2D eigenvalue weighted by Crippen LogP contribution is -2.08. The molecule has 1 N–H and O–H groups in total. The maximum atomic E-state index is 8.53. The Morgan fingerprint density at radius 3 is 2.50 bits per heavy atom. The summed E-state index contributed by atoms with van der Waals surface area (Å²) in [7, 11) is 0. The molecule has 0 aliphatic carbocycles. The highest BCUT2D eigenvalue weighted by molar-refractivity contribution is 5.28. The molecule has 80 valence electrons. The number of aryl methyl sites for hydroxylation is 1. The van der Waals surface area contributed by atoms with Crippen LogP contribution in [0.3, 0.4) is 0 Å². The minimum atomic E-state index is 0.0999. The van der Waals surface area contributed by atoms with Crippen molar-refractivity contribution in [2.75, 3.05) is 19.8 Å². The second-order valence-electron chi connectivity index (χ2n) is 3.55. The third-order valence-electron chi connectivity index (χ3n) is 2.63. The van der Waals surface area contributed by atoms with E-state index in [0.717, 1.165) is 6.54 Å². The van der Waals surface area contributed by atoms with Gasteiger partial charge in [0.2, 0.25) is 0 Å². The first-order chi connectivity index (χ1) is 6.66. The summed E-state index contributed by atoms with van der Waals surface area (Å²) in [6.07, 6.45) is 2.15. The molecule has 0 unspecified atom stereocenters. The largest absolute Gasteiger partial charge is 0.394 e. The van der Waals surface area contributed by atoms with E-state index in [9.17, 15) is 0 Å². The standard InChI is InChI=1S/C11H19NO2/c1-9-8-12(11(3)10(9)2)4-6-14-7-5-13/h8,13H,4-7H2,1-3H3. The molecule has 1 aromatic rings. The Morgan fingerprint density at radius 2 is 2.00 bits per heavy atom. The van der Waals surface area contributed by atoms with Crippen molar-refractivity contribution in [1.82, 2.24) is 4.57 Å². The number of aromatic nitrogens is 1. The Balaban J connectivity index is 2.47. The molecular formula is C11H19NO2. The molecule has 0 saturated carbocycles. The average molecular weight is 197 g/mol. The summed E-state index contributed by atoms with van der Waals surface area (Å²) in [5.74, 6) is 0. The summed E-state index contributed by atoms with van der Waals surface area (Å²) in [6.45, 7) is 8.42. The topological polar surface area (TPSA) is 34.4 Å². The maximum absolute atomic E-state index is 8.53. The van der Waals surface area contributed by atoms with E-state index in [1.54, 1.807) is 0 Å². The van der Waals surface area contributed by atoms with E-state index in [1.807, 2.05) is 0 Å². The van der Waals surface area contributed by atoms with Crippen LogP contribution in [0.5, 0.6) is 0 Å². The summed E-state index contributed by atoms with van der Waals surface area (Å²) in [5, 5.41) is 8.53. The lowest BCUT2D eigenvalue weighted by atomic mass is 10.2. The summed E-state index contributed by atoms with van der Waals surface area (Å²) < 4.78 is 7.42. The minimum absolute atomic E-state index is 0.0999. The normalized spacial score (nSPS) is 10.9. The van der Waals surface area contributed by atoms with Gasteiger partial charge in [-0.3, -0.25) is 0 Å². The lowest BCUT2D eigenvalue weighted by Gasteiger charge is -2.06. The fraction of sp³-hybridized carbons (Fsp3) is 0.636. The van der Waals surface area contributed by atoms with Gasteiger partial charge in [-0.15, -0.1) is 0 Å². The molecule has 1 heterocycles. The molecular weight excluding hydrogens is 178 g/mol. The molecule has 0 aliphatic heterocycles. The second-order valence-corrected chi connectivity index (χ2v) is 3.55. The quantitative estimate of drug-likeness (QED) is 0.724. The maximum Gasteiger partial charge on any atom is 0.0698 e. The first-order valence-corrected chi connectivity index (χ1v) is 4.98. The molecule has 1 aromatic heterocycles. The van der Waals surface area contributed by atoms with E-state index in [0.29, 0.717) is 13.2 Å². The van der Waals surface area contributed by atoms with Crippen LogP contribution < -0.4 is 0 Å². The SMILES string of the molecule is Cc1cn(CCOCCO)c(C)c1C. The smallest absolute Gasteiger partial charge is 0.0698 e. The van der Waals surface area contributed by atoms with Crippen LogP contribution in [0.4, 0.5) is 0 Å². The van der Waals surface area contributed by atoms with Crippen molar-refractivity contribution in [3.05, 3.63) is 23.0 Å². The number of hydrogen-bond acceptors (Lipinski definition) is 2. The van der Waals surface area contributed by atoms with Gasteiger partial charge >= 0.3 is 0 Å². The van der Waals surface area contributed by atoms with Crippen LogP contribution in [0.2, 0.25) is 0 Å². The third-order valence-corrected chi connectivity index (χ3v) is 2.63. The molecule has 0 amide bonds. The fourth-order valence-electron chi connectivity index (χ4n) is 1.49. The molecule has 0 aliphatic rings. The minimum Gasteiger partial charge on any atom is -0.394 e. The highest BCUT2D eigenvalue weighted by atomic mass is 16.5.